The van der Waals surface area contributed by atoms with E-state index in [1.165, 1.54) is 11.0 Å². The van der Waals surface area contributed by atoms with Crippen LogP contribution in [0.1, 0.15) is 25.0 Å². The second-order valence-electron chi connectivity index (χ2n) is 8.54. The lowest BCUT2D eigenvalue weighted by Crippen LogP contribution is -2.50. The number of carbonyl (C=O) groups excluding carboxylic acids is 2. The second-order valence-corrected chi connectivity index (χ2v) is 9.03. The summed E-state index contributed by atoms with van der Waals surface area (Å²) in [5.41, 5.74) is 1.38. The van der Waals surface area contributed by atoms with Gasteiger partial charge < -0.3 is 25.0 Å². The molecule has 0 spiro atoms. The SMILES string of the molecule is CCC(=S)NC[C@H]1CN(c2ccc(N3CCN(C(=O)[C@H](O)c4ccccc4)CC3)c(F)c2)C(=O)O1. The first-order chi connectivity index (χ1) is 16.9. The smallest absolute Gasteiger partial charge is 0.414 e. The number of nitrogens with zero attached hydrogens (tertiary/aromatic N) is 3. The van der Waals surface area contributed by atoms with Crippen molar-refractivity contribution in [2.75, 3.05) is 49.1 Å². The predicted octanol–water partition coefficient (Wildman–Crippen LogP) is 2.86. The minimum absolute atomic E-state index is 0.307. The molecular formula is C25H29FN4O4S. The summed E-state index contributed by atoms with van der Waals surface area (Å²) < 4.78 is 20.4. The molecule has 2 N–H and O–H groups in total. The van der Waals surface area contributed by atoms with Gasteiger partial charge in [-0.2, -0.15) is 0 Å². The van der Waals surface area contributed by atoms with Crippen molar-refractivity contribution < 1.29 is 23.8 Å². The van der Waals surface area contributed by atoms with Crippen LogP contribution in [0.3, 0.4) is 0 Å². The quantitative estimate of drug-likeness (QED) is 0.566. The van der Waals surface area contributed by atoms with E-state index in [4.69, 9.17) is 17.0 Å². The van der Waals surface area contributed by atoms with Crippen LogP contribution in [0.25, 0.3) is 0 Å². The number of aliphatic hydroxyl groups is 1. The zero-order chi connectivity index (χ0) is 24.9. The van der Waals surface area contributed by atoms with Gasteiger partial charge in [-0.05, 0) is 30.2 Å². The van der Waals surface area contributed by atoms with E-state index in [0.717, 1.165) is 0 Å². The molecule has 2 aliphatic heterocycles. The first kappa shape index (κ1) is 24.9. The molecule has 2 fully saturated rings. The summed E-state index contributed by atoms with van der Waals surface area (Å²) >= 11 is 5.14. The molecule has 2 aliphatic rings. The van der Waals surface area contributed by atoms with Crippen molar-refractivity contribution in [3.05, 3.63) is 59.9 Å². The van der Waals surface area contributed by atoms with Crippen molar-refractivity contribution in [2.45, 2.75) is 25.6 Å². The Balaban J connectivity index is 1.34. The van der Waals surface area contributed by atoms with Gasteiger partial charge in [0.15, 0.2) is 6.10 Å². The van der Waals surface area contributed by atoms with Crippen LogP contribution in [0.5, 0.6) is 0 Å². The summed E-state index contributed by atoms with van der Waals surface area (Å²) in [4.78, 5) is 30.6. The van der Waals surface area contributed by atoms with Crippen LogP contribution >= 0.6 is 12.2 Å². The summed E-state index contributed by atoms with van der Waals surface area (Å²) in [5.74, 6) is -0.809. The minimum Gasteiger partial charge on any atom is -0.442 e. The Morgan fingerprint density at radius 1 is 1.20 bits per heavy atom. The standard InChI is InChI=1S/C25H29FN4O4S/c1-2-22(35)27-15-19-16-30(25(33)34-19)18-8-9-21(20(26)14-18)28-10-12-29(13-11-28)24(32)23(31)17-6-4-3-5-7-17/h3-9,14,19,23,31H,2,10-13,15-16H2,1H3,(H,27,35)/t19-,23+/m0/s1. The van der Waals surface area contributed by atoms with Gasteiger partial charge in [-0.3, -0.25) is 9.69 Å². The fourth-order valence-electron chi connectivity index (χ4n) is 4.23. The highest BCUT2D eigenvalue weighted by Crippen LogP contribution is 2.29. The van der Waals surface area contributed by atoms with Gasteiger partial charge in [-0.25, -0.2) is 9.18 Å². The molecule has 4 rings (SSSR count). The average molecular weight is 501 g/mol. The molecule has 0 unspecified atom stereocenters. The summed E-state index contributed by atoms with van der Waals surface area (Å²) in [6.07, 6.45) is -1.39. The molecule has 2 aromatic rings. The van der Waals surface area contributed by atoms with Crippen molar-refractivity contribution >= 4 is 40.6 Å². The second kappa shape index (κ2) is 11.0. The Morgan fingerprint density at radius 3 is 2.57 bits per heavy atom. The Hall–Kier alpha value is -3.24. The normalized spacial score (nSPS) is 18.9. The number of hydrogen-bond acceptors (Lipinski definition) is 6. The first-order valence-corrected chi connectivity index (χ1v) is 12.1. The largest absolute Gasteiger partial charge is 0.442 e. The number of anilines is 2. The van der Waals surface area contributed by atoms with Gasteiger partial charge in [0.05, 0.1) is 29.5 Å². The third-order valence-corrected chi connectivity index (χ3v) is 6.68. The molecule has 2 heterocycles. The number of carbonyl (C=O) groups is 2. The summed E-state index contributed by atoms with van der Waals surface area (Å²) in [5, 5.41) is 13.5. The van der Waals surface area contributed by atoms with Crippen molar-refractivity contribution in [2.24, 2.45) is 0 Å². The number of halogens is 1. The van der Waals surface area contributed by atoms with Crippen LogP contribution in [0, 0.1) is 5.82 Å². The number of aliphatic hydroxyl groups excluding tert-OH is 1. The molecule has 2 aromatic carbocycles. The number of thiocarbonyl (C=S) groups is 1. The summed E-state index contributed by atoms with van der Waals surface area (Å²) in [7, 11) is 0. The number of piperazine rings is 1. The van der Waals surface area contributed by atoms with Crippen LogP contribution in [0.2, 0.25) is 0 Å². The van der Waals surface area contributed by atoms with E-state index in [1.807, 2.05) is 17.9 Å². The lowest BCUT2D eigenvalue weighted by molar-refractivity contribution is -0.140. The number of rotatable bonds is 7. The van der Waals surface area contributed by atoms with E-state index < -0.39 is 18.0 Å². The van der Waals surface area contributed by atoms with Crippen LogP contribution in [0.4, 0.5) is 20.6 Å². The molecular weight excluding hydrogens is 471 g/mol. The molecule has 2 saturated heterocycles. The Bertz CT molecular complexity index is 1080. The monoisotopic (exact) mass is 500 g/mol. The van der Waals surface area contributed by atoms with E-state index in [1.54, 1.807) is 41.3 Å². The third kappa shape index (κ3) is 5.71. The van der Waals surface area contributed by atoms with Gasteiger partial charge in [0.1, 0.15) is 11.9 Å². The van der Waals surface area contributed by atoms with Crippen molar-refractivity contribution in [3.8, 4) is 0 Å². The fraction of sp³-hybridized carbons (Fsp3) is 0.400. The van der Waals surface area contributed by atoms with Crippen molar-refractivity contribution in [1.82, 2.24) is 10.2 Å². The highest BCUT2D eigenvalue weighted by molar-refractivity contribution is 7.80. The first-order valence-electron chi connectivity index (χ1n) is 11.7. The molecule has 0 saturated carbocycles. The van der Waals surface area contributed by atoms with Gasteiger partial charge >= 0.3 is 6.09 Å². The lowest BCUT2D eigenvalue weighted by Gasteiger charge is -2.37. The maximum absolute atomic E-state index is 15.0. The maximum Gasteiger partial charge on any atom is 0.414 e. The van der Waals surface area contributed by atoms with E-state index in [-0.39, 0.29) is 12.0 Å². The number of cyclic esters (lactones) is 1. The highest BCUT2D eigenvalue weighted by Gasteiger charge is 2.33. The number of ether oxygens (including phenoxy) is 1. The average Bonchev–Trinajstić information content (AvgIpc) is 3.27. The Morgan fingerprint density at radius 2 is 1.91 bits per heavy atom. The molecule has 8 nitrogen and oxygen atoms in total. The fourth-order valence-corrected chi connectivity index (χ4v) is 4.31. The molecule has 0 bridgehead atoms. The number of amides is 2. The van der Waals surface area contributed by atoms with Crippen LogP contribution < -0.4 is 15.1 Å². The van der Waals surface area contributed by atoms with Crippen molar-refractivity contribution in [1.29, 1.82) is 0 Å². The minimum atomic E-state index is -1.21. The molecule has 35 heavy (non-hydrogen) atoms. The van der Waals surface area contributed by atoms with Crippen molar-refractivity contribution in [3.63, 3.8) is 0 Å². The Kier molecular flexibility index (Phi) is 7.82. The van der Waals surface area contributed by atoms with E-state index in [2.05, 4.69) is 5.32 Å². The van der Waals surface area contributed by atoms with Gasteiger partial charge in [0.2, 0.25) is 0 Å². The molecule has 2 atom stereocenters. The summed E-state index contributed by atoms with van der Waals surface area (Å²) in [6.45, 7) is 4.27. The van der Waals surface area contributed by atoms with Crippen LogP contribution in [0.15, 0.2) is 48.5 Å². The van der Waals surface area contributed by atoms with E-state index in [9.17, 15) is 14.7 Å². The number of benzene rings is 2. The lowest BCUT2D eigenvalue weighted by atomic mass is 10.1. The van der Waals surface area contributed by atoms with Crippen LogP contribution in [-0.4, -0.2) is 72.4 Å². The number of nitrogens with one attached hydrogen (secondary N) is 1. The molecule has 186 valence electrons. The number of hydrogen-bond donors (Lipinski definition) is 2. The zero-order valence-electron chi connectivity index (χ0n) is 19.5. The van der Waals surface area contributed by atoms with E-state index in [0.29, 0.717) is 67.6 Å². The molecule has 2 amide bonds. The van der Waals surface area contributed by atoms with E-state index >= 15 is 4.39 Å². The van der Waals surface area contributed by atoms with Gasteiger partial charge in [0.25, 0.3) is 5.91 Å². The molecule has 0 radical (unpaired) electrons. The molecule has 10 heteroatoms. The zero-order valence-corrected chi connectivity index (χ0v) is 20.3. The van der Waals surface area contributed by atoms with Gasteiger partial charge in [-0.15, -0.1) is 0 Å². The topological polar surface area (TPSA) is 85.4 Å². The van der Waals surface area contributed by atoms with Gasteiger partial charge in [-0.1, -0.05) is 49.5 Å². The molecule has 0 aliphatic carbocycles. The molecule has 0 aromatic heterocycles. The third-order valence-electron chi connectivity index (χ3n) is 6.25. The summed E-state index contributed by atoms with van der Waals surface area (Å²) in [6, 6.07) is 13.5. The highest BCUT2D eigenvalue weighted by atomic mass is 32.1. The predicted molar refractivity (Wildman–Crippen MR) is 135 cm³/mol. The maximum atomic E-state index is 15.0. The Labute approximate surface area is 209 Å². The van der Waals surface area contributed by atoms with Gasteiger partial charge in [0, 0.05) is 26.2 Å². The van der Waals surface area contributed by atoms with Crippen LogP contribution in [-0.2, 0) is 9.53 Å².